The Labute approximate surface area is 398 Å². The zero-order valence-corrected chi connectivity index (χ0v) is 44.6. The Hall–Kier alpha value is -1.87. The molecule has 4 N–H and O–H groups in total. The second kappa shape index (κ2) is 42.5. The molecular weight excluding hydrogens is 799 g/mol. The van der Waals surface area contributed by atoms with Crippen molar-refractivity contribution in [3.8, 4) is 0 Å². The van der Waals surface area contributed by atoms with E-state index in [2.05, 4.69) is 50.6 Å². The lowest BCUT2D eigenvalue weighted by Crippen LogP contribution is -2.53. The van der Waals surface area contributed by atoms with Crippen LogP contribution in [0.4, 0.5) is 4.79 Å². The van der Waals surface area contributed by atoms with Crippen LogP contribution >= 0.6 is 0 Å². The Kier molecular flexibility index (Phi) is 42.6. The van der Waals surface area contributed by atoms with E-state index >= 15 is 0 Å². The number of hydrogen-bond donors (Lipinski definition) is 4. The summed E-state index contributed by atoms with van der Waals surface area (Å²) >= 11 is 0. The van der Waals surface area contributed by atoms with Crippen molar-refractivity contribution in [3.05, 3.63) is 0 Å². The van der Waals surface area contributed by atoms with Gasteiger partial charge in [0.05, 0.1) is 17.8 Å². The average molecular weight is 911 g/mol. The molecule has 0 aromatic carbocycles. The van der Waals surface area contributed by atoms with Gasteiger partial charge in [-0.1, -0.05) is 221 Å². The summed E-state index contributed by atoms with van der Waals surface area (Å²) in [7, 11) is 0. The third-order valence-electron chi connectivity index (χ3n) is 11.6. The summed E-state index contributed by atoms with van der Waals surface area (Å²) in [5.74, 6) is 0.315. The number of carbonyl (C=O) groups excluding carboxylic acids is 3. The van der Waals surface area contributed by atoms with Crippen LogP contribution in [0.2, 0.25) is 0 Å². The molecule has 0 aromatic rings. The van der Waals surface area contributed by atoms with E-state index in [4.69, 9.17) is 9.47 Å². The molecule has 0 saturated carbocycles. The number of aliphatic hydroxyl groups excluding tert-OH is 1. The van der Waals surface area contributed by atoms with Crippen LogP contribution in [0.5, 0.6) is 0 Å². The highest BCUT2D eigenvalue weighted by molar-refractivity contribution is 5.88. The quantitative estimate of drug-likeness (QED) is 0.0452. The van der Waals surface area contributed by atoms with Gasteiger partial charge in [-0.3, -0.25) is 9.59 Å². The Morgan fingerprint density at radius 1 is 0.516 bits per heavy atom. The molecule has 0 aromatic heterocycles. The molecule has 0 fully saturated rings. The predicted octanol–water partition coefficient (Wildman–Crippen LogP) is 15.2. The van der Waals surface area contributed by atoms with Crippen molar-refractivity contribution in [1.29, 1.82) is 0 Å². The van der Waals surface area contributed by atoms with E-state index in [1.807, 2.05) is 41.5 Å². The SMILES string of the molecule is CC(C)C.CCCCCCCCCCCCCCCCCCNC(=O)C(COC(=O)NC(C)(C)CC(C)(C)OC(C)(C)CO)NC(=O)CCCCCCCCCCCCCCCCC. The zero-order valence-electron chi connectivity index (χ0n) is 44.6. The van der Waals surface area contributed by atoms with Gasteiger partial charge in [0.1, 0.15) is 12.6 Å². The minimum absolute atomic E-state index is 0.125. The Morgan fingerprint density at radius 3 is 1.22 bits per heavy atom. The molecule has 0 aliphatic rings. The van der Waals surface area contributed by atoms with Crippen molar-refractivity contribution in [3.63, 3.8) is 0 Å². The highest BCUT2D eigenvalue weighted by Crippen LogP contribution is 2.28. The third kappa shape index (κ3) is 46.7. The lowest BCUT2D eigenvalue weighted by molar-refractivity contribution is -0.150. The molecule has 0 aliphatic carbocycles. The minimum atomic E-state index is -0.964. The summed E-state index contributed by atoms with van der Waals surface area (Å²) in [6.07, 6.45) is 39.7. The number of unbranched alkanes of at least 4 members (excludes halogenated alkanes) is 29. The summed E-state index contributed by atoms with van der Waals surface area (Å²) < 4.78 is 11.7. The van der Waals surface area contributed by atoms with Crippen LogP contribution in [0.25, 0.3) is 0 Å². The molecule has 9 nitrogen and oxygen atoms in total. The van der Waals surface area contributed by atoms with Crippen molar-refractivity contribution in [2.45, 2.75) is 311 Å². The van der Waals surface area contributed by atoms with Crippen LogP contribution in [0, 0.1) is 5.92 Å². The van der Waals surface area contributed by atoms with Crippen LogP contribution < -0.4 is 16.0 Å². The van der Waals surface area contributed by atoms with Crippen molar-refractivity contribution < 1.29 is 29.0 Å². The van der Waals surface area contributed by atoms with Crippen LogP contribution in [0.15, 0.2) is 0 Å². The van der Waals surface area contributed by atoms with E-state index in [1.54, 1.807) is 0 Å². The monoisotopic (exact) mass is 910 g/mol. The van der Waals surface area contributed by atoms with Gasteiger partial charge in [0, 0.05) is 18.5 Å². The molecule has 1 unspecified atom stereocenters. The van der Waals surface area contributed by atoms with Crippen molar-refractivity contribution in [2.24, 2.45) is 5.92 Å². The smallest absolute Gasteiger partial charge is 0.407 e. The largest absolute Gasteiger partial charge is 0.447 e. The van der Waals surface area contributed by atoms with Gasteiger partial charge in [-0.15, -0.1) is 0 Å². The molecule has 0 bridgehead atoms. The molecule has 3 amide bonds. The molecule has 9 heteroatoms. The maximum absolute atomic E-state index is 13.3. The highest BCUT2D eigenvalue weighted by Gasteiger charge is 2.36. The molecule has 0 aliphatic heterocycles. The second-order valence-electron chi connectivity index (χ2n) is 21.7. The van der Waals surface area contributed by atoms with E-state index in [0.717, 1.165) is 44.4 Å². The Morgan fingerprint density at radius 2 is 0.859 bits per heavy atom. The summed E-state index contributed by atoms with van der Waals surface area (Å²) in [6, 6.07) is -0.964. The topological polar surface area (TPSA) is 126 Å². The van der Waals surface area contributed by atoms with Gasteiger partial charge in [-0.2, -0.15) is 0 Å². The summed E-state index contributed by atoms with van der Waals surface area (Å²) in [5.41, 5.74) is -2.07. The van der Waals surface area contributed by atoms with Gasteiger partial charge < -0.3 is 30.5 Å². The maximum Gasteiger partial charge on any atom is 0.407 e. The molecule has 0 spiro atoms. The van der Waals surface area contributed by atoms with Crippen LogP contribution in [0.1, 0.15) is 288 Å². The fourth-order valence-corrected chi connectivity index (χ4v) is 8.51. The normalized spacial score (nSPS) is 12.5. The summed E-state index contributed by atoms with van der Waals surface area (Å²) in [4.78, 5) is 39.3. The summed E-state index contributed by atoms with van der Waals surface area (Å²) in [6.45, 7) is 22.4. The van der Waals surface area contributed by atoms with Gasteiger partial charge >= 0.3 is 6.09 Å². The van der Waals surface area contributed by atoms with Crippen molar-refractivity contribution in [1.82, 2.24) is 16.0 Å². The first-order valence-corrected chi connectivity index (χ1v) is 27.2. The van der Waals surface area contributed by atoms with Crippen LogP contribution in [-0.2, 0) is 19.1 Å². The molecular formula is C55H111N3O6. The molecule has 0 rings (SSSR count). The number of amides is 3. The van der Waals surface area contributed by atoms with E-state index < -0.39 is 28.9 Å². The van der Waals surface area contributed by atoms with Gasteiger partial charge in [0.15, 0.2) is 0 Å². The van der Waals surface area contributed by atoms with Crippen molar-refractivity contribution >= 4 is 17.9 Å². The zero-order chi connectivity index (χ0) is 48.4. The number of aliphatic hydroxyl groups is 1. The van der Waals surface area contributed by atoms with Gasteiger partial charge in [-0.05, 0) is 66.7 Å². The first-order chi connectivity index (χ1) is 30.4. The lowest BCUT2D eigenvalue weighted by Gasteiger charge is -2.40. The molecule has 0 radical (unpaired) electrons. The molecule has 0 heterocycles. The fourth-order valence-electron chi connectivity index (χ4n) is 8.51. The maximum atomic E-state index is 13.3. The third-order valence-corrected chi connectivity index (χ3v) is 11.6. The van der Waals surface area contributed by atoms with Gasteiger partial charge in [0.25, 0.3) is 0 Å². The predicted molar refractivity (Wildman–Crippen MR) is 274 cm³/mol. The minimum Gasteiger partial charge on any atom is -0.447 e. The molecule has 1 atom stereocenters. The number of ether oxygens (including phenoxy) is 2. The first-order valence-electron chi connectivity index (χ1n) is 27.2. The van der Waals surface area contributed by atoms with E-state index in [0.29, 0.717) is 19.4 Å². The Bertz CT molecular complexity index is 1080. The van der Waals surface area contributed by atoms with E-state index in [-0.39, 0.29) is 25.0 Å². The molecule has 382 valence electrons. The van der Waals surface area contributed by atoms with E-state index in [1.165, 1.54) is 161 Å². The number of nitrogens with one attached hydrogen (secondary N) is 3. The standard InChI is InChI=1S/C51H101N3O6.C4H10/c1-9-11-13-15-17-19-21-23-25-27-29-31-33-35-37-39-41-52-47(57)45(42-59-48(58)54-49(3,4)43-50(5,6)60-51(7,8)44-55)53-46(56)40-38-36-34-32-30-28-26-24-22-20-18-16-14-12-10-2;1-4(2)3/h45,55H,9-44H2,1-8H3,(H,52,57)(H,53,56)(H,54,58);4H,1-3H3. The first kappa shape index (κ1) is 64.2. The second-order valence-corrected chi connectivity index (χ2v) is 21.7. The molecule has 0 saturated heterocycles. The number of rotatable bonds is 43. The average Bonchev–Trinajstić information content (AvgIpc) is 3.20. The number of carbonyl (C=O) groups is 3. The van der Waals surface area contributed by atoms with Crippen LogP contribution in [0.3, 0.4) is 0 Å². The lowest BCUT2D eigenvalue weighted by atomic mass is 9.88. The highest BCUT2D eigenvalue weighted by atomic mass is 16.6. The summed E-state index contributed by atoms with van der Waals surface area (Å²) in [5, 5.41) is 18.4. The Balaban J connectivity index is 0. The fraction of sp³-hybridized carbons (Fsp3) is 0.945. The number of alkyl carbamates (subject to hydrolysis) is 1. The molecule has 64 heavy (non-hydrogen) atoms. The van der Waals surface area contributed by atoms with Crippen LogP contribution in [-0.4, -0.2) is 65.6 Å². The van der Waals surface area contributed by atoms with Crippen molar-refractivity contribution in [2.75, 3.05) is 19.8 Å². The van der Waals surface area contributed by atoms with Gasteiger partial charge in [-0.25, -0.2) is 4.79 Å². The van der Waals surface area contributed by atoms with E-state index in [9.17, 15) is 19.5 Å². The van der Waals surface area contributed by atoms with Gasteiger partial charge in [0.2, 0.25) is 11.8 Å². The number of hydrogen-bond acceptors (Lipinski definition) is 6.